The molecule has 0 unspecified atom stereocenters. The maximum Gasteiger partial charge on any atom is 0.250 e. The van der Waals surface area contributed by atoms with Crippen LogP contribution in [0.3, 0.4) is 0 Å². The average molecular weight is 321 g/mol. The second-order valence-corrected chi connectivity index (χ2v) is 7.59. The number of thiophene rings is 1. The van der Waals surface area contributed by atoms with Crippen molar-refractivity contribution in [3.8, 4) is 11.8 Å². The Labute approximate surface area is 128 Å². The van der Waals surface area contributed by atoms with Crippen LogP contribution >= 0.6 is 11.3 Å². The molecule has 6 heteroatoms. The van der Waals surface area contributed by atoms with E-state index >= 15 is 0 Å². The van der Waals surface area contributed by atoms with E-state index in [4.69, 9.17) is 5.11 Å². The number of aryl methyl sites for hydroxylation is 1. The molecular weight excluding hydrogens is 306 g/mol. The van der Waals surface area contributed by atoms with E-state index in [0.29, 0.717) is 9.77 Å². The molecule has 1 aromatic carbocycles. The maximum atomic E-state index is 12.2. The molecule has 0 fully saturated rings. The second kappa shape index (κ2) is 6.87. The summed E-state index contributed by atoms with van der Waals surface area (Å²) in [5, 5.41) is 8.74. The predicted octanol–water partition coefficient (Wildman–Crippen LogP) is 1.88. The fourth-order valence-corrected chi connectivity index (χ4v) is 4.07. The van der Waals surface area contributed by atoms with E-state index in [-0.39, 0.29) is 13.2 Å². The van der Waals surface area contributed by atoms with E-state index < -0.39 is 10.0 Å². The Balaban J connectivity index is 2.17. The Bertz CT molecular complexity index is 782. The molecule has 0 radical (unpaired) electrons. The fourth-order valence-electron chi connectivity index (χ4n) is 1.73. The van der Waals surface area contributed by atoms with Crippen LogP contribution < -0.4 is 4.72 Å². The van der Waals surface area contributed by atoms with E-state index in [9.17, 15) is 8.42 Å². The summed E-state index contributed by atoms with van der Waals surface area (Å²) < 4.78 is 27.2. The van der Waals surface area contributed by atoms with E-state index in [1.54, 1.807) is 18.2 Å². The molecular formula is C15H15NO3S2. The fraction of sp³-hybridized carbons (Fsp3) is 0.200. The van der Waals surface area contributed by atoms with Crippen LogP contribution in [0, 0.1) is 18.8 Å². The lowest BCUT2D eigenvalue weighted by Crippen LogP contribution is -2.22. The molecule has 21 heavy (non-hydrogen) atoms. The Hall–Kier alpha value is -1.65. The Morgan fingerprint density at radius 1 is 1.24 bits per heavy atom. The van der Waals surface area contributed by atoms with Gasteiger partial charge in [-0.25, -0.2) is 13.1 Å². The molecule has 0 saturated carbocycles. The van der Waals surface area contributed by atoms with Crippen molar-refractivity contribution in [3.63, 3.8) is 0 Å². The standard InChI is InChI=1S/C15H15NO3S2/c1-12-8-9-15(20-12)21(18,19)16-11-14-6-3-2-5-13(14)7-4-10-17/h2-3,5-6,8-9,16-17H,10-11H2,1H3. The van der Waals surface area contributed by atoms with Crippen molar-refractivity contribution in [2.75, 3.05) is 6.61 Å². The largest absolute Gasteiger partial charge is 0.384 e. The number of aliphatic hydroxyl groups excluding tert-OH is 1. The first-order chi connectivity index (χ1) is 10.0. The van der Waals surface area contributed by atoms with Crippen LogP contribution in [-0.4, -0.2) is 20.1 Å². The van der Waals surface area contributed by atoms with Crippen molar-refractivity contribution in [2.45, 2.75) is 17.7 Å². The van der Waals surface area contributed by atoms with Gasteiger partial charge in [-0.2, -0.15) is 0 Å². The normalized spacial score (nSPS) is 11.0. The van der Waals surface area contributed by atoms with E-state index in [0.717, 1.165) is 10.4 Å². The summed E-state index contributed by atoms with van der Waals surface area (Å²) >= 11 is 1.24. The van der Waals surface area contributed by atoms with Gasteiger partial charge in [-0.05, 0) is 30.7 Å². The summed E-state index contributed by atoms with van der Waals surface area (Å²) in [6.07, 6.45) is 0. The first-order valence-corrected chi connectivity index (χ1v) is 8.56. The molecule has 2 aromatic rings. The highest BCUT2D eigenvalue weighted by atomic mass is 32.2. The summed E-state index contributed by atoms with van der Waals surface area (Å²) in [7, 11) is -3.50. The molecule has 0 aliphatic carbocycles. The molecule has 1 aromatic heterocycles. The highest BCUT2D eigenvalue weighted by Gasteiger charge is 2.16. The molecule has 0 aliphatic rings. The Morgan fingerprint density at radius 2 is 2.00 bits per heavy atom. The van der Waals surface area contributed by atoms with Gasteiger partial charge < -0.3 is 5.11 Å². The lowest BCUT2D eigenvalue weighted by Gasteiger charge is -2.07. The van der Waals surface area contributed by atoms with Crippen molar-refractivity contribution < 1.29 is 13.5 Å². The van der Waals surface area contributed by atoms with Crippen LogP contribution in [0.5, 0.6) is 0 Å². The third-order valence-electron chi connectivity index (χ3n) is 2.75. The highest BCUT2D eigenvalue weighted by molar-refractivity contribution is 7.91. The van der Waals surface area contributed by atoms with Gasteiger partial charge in [-0.3, -0.25) is 0 Å². The summed E-state index contributed by atoms with van der Waals surface area (Å²) in [4.78, 5) is 0.949. The molecule has 0 aliphatic heterocycles. The van der Waals surface area contributed by atoms with Gasteiger partial charge in [-0.15, -0.1) is 11.3 Å². The van der Waals surface area contributed by atoms with Crippen LogP contribution in [0.4, 0.5) is 0 Å². The minimum Gasteiger partial charge on any atom is -0.384 e. The maximum absolute atomic E-state index is 12.2. The van der Waals surface area contributed by atoms with E-state index in [1.165, 1.54) is 11.3 Å². The van der Waals surface area contributed by atoms with Crippen LogP contribution in [-0.2, 0) is 16.6 Å². The van der Waals surface area contributed by atoms with Crippen molar-refractivity contribution in [1.29, 1.82) is 0 Å². The molecule has 110 valence electrons. The van der Waals surface area contributed by atoms with Gasteiger partial charge in [0.2, 0.25) is 10.0 Å². The number of hydrogen-bond acceptors (Lipinski definition) is 4. The molecule has 4 nitrogen and oxygen atoms in total. The van der Waals surface area contributed by atoms with Gasteiger partial charge in [0.05, 0.1) is 0 Å². The van der Waals surface area contributed by atoms with Gasteiger partial charge in [-0.1, -0.05) is 30.0 Å². The van der Waals surface area contributed by atoms with Crippen LogP contribution in [0.15, 0.2) is 40.6 Å². The molecule has 0 saturated heterocycles. The smallest absolute Gasteiger partial charge is 0.250 e. The Morgan fingerprint density at radius 3 is 2.67 bits per heavy atom. The Kier molecular flexibility index (Phi) is 5.15. The monoisotopic (exact) mass is 321 g/mol. The quantitative estimate of drug-likeness (QED) is 0.845. The first-order valence-electron chi connectivity index (χ1n) is 6.26. The number of hydrogen-bond donors (Lipinski definition) is 2. The van der Waals surface area contributed by atoms with Gasteiger partial charge in [0.1, 0.15) is 10.8 Å². The lowest BCUT2D eigenvalue weighted by atomic mass is 10.1. The molecule has 0 spiro atoms. The zero-order valence-corrected chi connectivity index (χ0v) is 13.1. The van der Waals surface area contributed by atoms with Crippen molar-refractivity contribution in [1.82, 2.24) is 4.72 Å². The average Bonchev–Trinajstić information content (AvgIpc) is 2.91. The molecule has 2 rings (SSSR count). The van der Waals surface area contributed by atoms with Crippen LogP contribution in [0.25, 0.3) is 0 Å². The van der Waals surface area contributed by atoms with Crippen molar-refractivity contribution >= 4 is 21.4 Å². The van der Waals surface area contributed by atoms with Crippen molar-refractivity contribution in [3.05, 3.63) is 52.4 Å². The predicted molar refractivity (Wildman–Crippen MR) is 83.5 cm³/mol. The third kappa shape index (κ3) is 4.16. The molecule has 1 heterocycles. The van der Waals surface area contributed by atoms with Gasteiger partial charge in [0.25, 0.3) is 0 Å². The number of aliphatic hydroxyl groups is 1. The molecule has 2 N–H and O–H groups in total. The zero-order chi connectivity index (χ0) is 15.3. The SMILES string of the molecule is Cc1ccc(S(=O)(=O)NCc2ccccc2C#CCO)s1. The molecule has 0 amide bonds. The lowest BCUT2D eigenvalue weighted by molar-refractivity contribution is 0.350. The minimum atomic E-state index is -3.50. The van der Waals surface area contributed by atoms with Crippen molar-refractivity contribution in [2.24, 2.45) is 0 Å². The summed E-state index contributed by atoms with van der Waals surface area (Å²) in [6, 6.07) is 10.6. The van der Waals surface area contributed by atoms with Gasteiger partial charge >= 0.3 is 0 Å². The van der Waals surface area contributed by atoms with Gasteiger partial charge in [0, 0.05) is 17.0 Å². The minimum absolute atomic E-state index is 0.162. The summed E-state index contributed by atoms with van der Waals surface area (Å²) in [5.74, 6) is 5.38. The molecule has 0 atom stereocenters. The number of nitrogens with one attached hydrogen (secondary N) is 1. The highest BCUT2D eigenvalue weighted by Crippen LogP contribution is 2.20. The number of benzene rings is 1. The van der Waals surface area contributed by atoms with Gasteiger partial charge in [0.15, 0.2) is 0 Å². The summed E-state index contributed by atoms with van der Waals surface area (Å²) in [6.45, 7) is 1.80. The van der Waals surface area contributed by atoms with Crippen LogP contribution in [0.1, 0.15) is 16.0 Å². The second-order valence-electron chi connectivity index (χ2n) is 4.31. The van der Waals surface area contributed by atoms with Crippen LogP contribution in [0.2, 0.25) is 0 Å². The number of rotatable bonds is 4. The third-order valence-corrected chi connectivity index (χ3v) is 5.65. The topological polar surface area (TPSA) is 66.4 Å². The number of sulfonamides is 1. The first kappa shape index (κ1) is 15.7. The van der Waals surface area contributed by atoms with E-state index in [2.05, 4.69) is 16.6 Å². The van der Waals surface area contributed by atoms with E-state index in [1.807, 2.05) is 25.1 Å². The summed E-state index contributed by atoms with van der Waals surface area (Å²) in [5.41, 5.74) is 1.48. The molecule has 0 bridgehead atoms. The zero-order valence-electron chi connectivity index (χ0n) is 11.5.